The molecule has 10 heteroatoms. The van der Waals surface area contributed by atoms with Gasteiger partial charge in [-0.15, -0.1) is 0 Å². The first kappa shape index (κ1) is 24.2. The average Bonchev–Trinajstić information content (AvgIpc) is 2.88. The molecule has 2 aliphatic rings. The molecular formula is C26H25F3N4O3. The fourth-order valence-corrected chi connectivity index (χ4v) is 4.85. The zero-order valence-corrected chi connectivity index (χ0v) is 19.5. The number of nitrogens with one attached hydrogen (secondary N) is 1. The first-order valence-electron chi connectivity index (χ1n) is 11.6. The number of aromatic nitrogens is 2. The van der Waals surface area contributed by atoms with Gasteiger partial charge in [0.2, 0.25) is 0 Å². The molecule has 0 aliphatic carbocycles. The van der Waals surface area contributed by atoms with Gasteiger partial charge in [-0.05, 0) is 43.7 Å². The smallest absolute Gasteiger partial charge is 0.396 e. The van der Waals surface area contributed by atoms with E-state index in [1.807, 2.05) is 13.0 Å². The van der Waals surface area contributed by atoms with Crippen LogP contribution in [-0.2, 0) is 17.3 Å². The maximum atomic E-state index is 13.0. The van der Waals surface area contributed by atoms with Gasteiger partial charge in [0.05, 0.1) is 48.1 Å². The van der Waals surface area contributed by atoms with Gasteiger partial charge in [0.25, 0.3) is 5.91 Å². The minimum atomic E-state index is -4.54. The summed E-state index contributed by atoms with van der Waals surface area (Å²) in [6.45, 7) is 3.74. The molecule has 4 heterocycles. The number of aryl methyl sites for hydroxylation is 1. The van der Waals surface area contributed by atoms with Gasteiger partial charge in [-0.25, -0.2) is 0 Å². The van der Waals surface area contributed by atoms with Crippen LogP contribution < -0.4 is 10.2 Å². The highest BCUT2D eigenvalue weighted by atomic mass is 19.4. The Balaban J connectivity index is 1.43. The number of fused-ring (bicyclic) bond motifs is 3. The summed E-state index contributed by atoms with van der Waals surface area (Å²) in [7, 11) is 0. The quantitative estimate of drug-likeness (QED) is 0.564. The summed E-state index contributed by atoms with van der Waals surface area (Å²) in [5.41, 5.74) is 3.56. The van der Waals surface area contributed by atoms with Gasteiger partial charge < -0.3 is 20.1 Å². The van der Waals surface area contributed by atoms with Gasteiger partial charge in [-0.2, -0.15) is 13.2 Å². The van der Waals surface area contributed by atoms with Crippen molar-refractivity contribution in [1.82, 2.24) is 9.97 Å². The van der Waals surface area contributed by atoms with Crippen molar-refractivity contribution in [1.29, 1.82) is 0 Å². The maximum Gasteiger partial charge on any atom is 0.416 e. The summed E-state index contributed by atoms with van der Waals surface area (Å²) in [4.78, 5) is 24.0. The number of hydrogen-bond donors (Lipinski definition) is 2. The molecular weight excluding hydrogens is 473 g/mol. The van der Waals surface area contributed by atoms with Crippen LogP contribution >= 0.6 is 0 Å². The number of carbonyl (C=O) groups excluding carboxylic acids is 1. The molecule has 2 aromatic heterocycles. The first-order valence-corrected chi connectivity index (χ1v) is 11.6. The Bertz CT molecular complexity index is 1300. The highest BCUT2D eigenvalue weighted by Gasteiger charge is 2.37. The molecule has 2 atom stereocenters. The SMILES string of the molecule is Cc1ncc(NC(=O)c2cccc(C(F)(F)F)c2)cc1-c1cnc2c(c1)N1CCOC[C@@H]1[C@H](CO)C2. The van der Waals surface area contributed by atoms with Crippen molar-refractivity contribution in [2.45, 2.75) is 25.6 Å². The fraction of sp³-hybridized carbons (Fsp3) is 0.346. The number of anilines is 2. The topological polar surface area (TPSA) is 87.6 Å². The molecule has 1 amide bonds. The van der Waals surface area contributed by atoms with Crippen LogP contribution in [0, 0.1) is 12.8 Å². The van der Waals surface area contributed by atoms with Gasteiger partial charge in [0, 0.05) is 47.7 Å². The van der Waals surface area contributed by atoms with E-state index in [0.717, 1.165) is 40.3 Å². The molecule has 0 spiro atoms. The van der Waals surface area contributed by atoms with Crippen molar-refractivity contribution in [2.75, 3.05) is 36.6 Å². The lowest BCUT2D eigenvalue weighted by Crippen LogP contribution is -2.54. The van der Waals surface area contributed by atoms with Crippen LogP contribution in [0.1, 0.15) is 27.3 Å². The number of ether oxygens (including phenoxy) is 1. The van der Waals surface area contributed by atoms with Gasteiger partial charge in [-0.3, -0.25) is 14.8 Å². The second-order valence-electron chi connectivity index (χ2n) is 9.06. The van der Waals surface area contributed by atoms with Crippen LogP contribution in [0.2, 0.25) is 0 Å². The van der Waals surface area contributed by atoms with E-state index in [9.17, 15) is 23.1 Å². The average molecular weight is 499 g/mol. The molecule has 3 aromatic rings. The molecule has 0 unspecified atom stereocenters. The molecule has 188 valence electrons. The number of aliphatic hydroxyl groups is 1. The normalized spacial score (nSPS) is 19.4. The Morgan fingerprint density at radius 2 is 2.06 bits per heavy atom. The Labute approximate surface area is 205 Å². The third-order valence-electron chi connectivity index (χ3n) is 6.76. The molecule has 1 aromatic carbocycles. The van der Waals surface area contributed by atoms with Crippen molar-refractivity contribution in [3.8, 4) is 11.1 Å². The van der Waals surface area contributed by atoms with E-state index in [-0.39, 0.29) is 24.1 Å². The number of aliphatic hydroxyl groups excluding tert-OH is 1. The molecule has 0 saturated carbocycles. The Morgan fingerprint density at radius 1 is 1.22 bits per heavy atom. The zero-order valence-electron chi connectivity index (χ0n) is 19.5. The summed E-state index contributed by atoms with van der Waals surface area (Å²) in [5.74, 6) is -0.610. The standard InChI is InChI=1S/C26H25F3N4O3/c1-15-21(10-20(12-30-15)32-25(35)16-3-2-4-19(7-16)26(27,28)29)17-9-23-22(31-11-17)8-18(13-34)24-14-36-6-5-33(23)24/h2-4,7,9-12,18,24,34H,5-6,8,13-14H2,1H3,(H,32,35)/t18-,24+/m0/s1. The van der Waals surface area contributed by atoms with E-state index in [2.05, 4.69) is 20.2 Å². The van der Waals surface area contributed by atoms with E-state index in [1.165, 1.54) is 18.3 Å². The second-order valence-corrected chi connectivity index (χ2v) is 9.06. The molecule has 2 N–H and O–H groups in total. The number of nitrogens with zero attached hydrogens (tertiary/aromatic N) is 3. The number of amides is 1. The molecule has 5 rings (SSSR count). The van der Waals surface area contributed by atoms with Gasteiger partial charge in [0.1, 0.15) is 0 Å². The molecule has 2 aliphatic heterocycles. The van der Waals surface area contributed by atoms with Gasteiger partial charge >= 0.3 is 6.18 Å². The number of hydrogen-bond acceptors (Lipinski definition) is 6. The van der Waals surface area contributed by atoms with E-state index in [0.29, 0.717) is 31.9 Å². The van der Waals surface area contributed by atoms with E-state index in [1.54, 1.807) is 12.3 Å². The van der Waals surface area contributed by atoms with Crippen LogP contribution in [0.5, 0.6) is 0 Å². The van der Waals surface area contributed by atoms with Crippen molar-refractivity contribution >= 4 is 17.3 Å². The predicted molar refractivity (Wildman–Crippen MR) is 128 cm³/mol. The summed E-state index contributed by atoms with van der Waals surface area (Å²) in [6.07, 6.45) is -0.664. The van der Waals surface area contributed by atoms with E-state index < -0.39 is 17.6 Å². The first-order chi connectivity index (χ1) is 17.2. The number of benzene rings is 1. The fourth-order valence-electron chi connectivity index (χ4n) is 4.85. The Kier molecular flexibility index (Phi) is 6.40. The minimum Gasteiger partial charge on any atom is -0.396 e. The highest BCUT2D eigenvalue weighted by molar-refractivity contribution is 6.04. The lowest BCUT2D eigenvalue weighted by molar-refractivity contribution is -0.137. The van der Waals surface area contributed by atoms with Crippen molar-refractivity contribution in [3.05, 3.63) is 71.3 Å². The largest absolute Gasteiger partial charge is 0.416 e. The molecule has 0 radical (unpaired) electrons. The molecule has 0 bridgehead atoms. The van der Waals surface area contributed by atoms with Crippen LogP contribution in [0.25, 0.3) is 11.1 Å². The van der Waals surface area contributed by atoms with E-state index in [4.69, 9.17) is 4.74 Å². The van der Waals surface area contributed by atoms with Crippen LogP contribution in [0.3, 0.4) is 0 Å². The summed E-state index contributed by atoms with van der Waals surface area (Å²) < 4.78 is 44.8. The number of carbonyl (C=O) groups is 1. The second kappa shape index (κ2) is 9.51. The molecule has 7 nitrogen and oxygen atoms in total. The molecule has 1 saturated heterocycles. The number of alkyl halides is 3. The maximum absolute atomic E-state index is 13.0. The lowest BCUT2D eigenvalue weighted by Gasteiger charge is -2.45. The highest BCUT2D eigenvalue weighted by Crippen LogP contribution is 2.37. The van der Waals surface area contributed by atoms with Crippen molar-refractivity contribution in [2.24, 2.45) is 5.92 Å². The monoisotopic (exact) mass is 498 g/mol. The van der Waals surface area contributed by atoms with E-state index >= 15 is 0 Å². The third-order valence-corrected chi connectivity index (χ3v) is 6.76. The third kappa shape index (κ3) is 4.66. The summed E-state index contributed by atoms with van der Waals surface area (Å²) in [6, 6.07) is 8.14. The van der Waals surface area contributed by atoms with Gasteiger partial charge in [0.15, 0.2) is 0 Å². The number of halogens is 3. The predicted octanol–water partition coefficient (Wildman–Crippen LogP) is 4.09. The summed E-state index contributed by atoms with van der Waals surface area (Å²) >= 11 is 0. The number of pyridine rings is 2. The zero-order chi connectivity index (χ0) is 25.4. The van der Waals surface area contributed by atoms with Crippen molar-refractivity contribution < 1.29 is 27.8 Å². The van der Waals surface area contributed by atoms with Crippen LogP contribution in [-0.4, -0.2) is 53.4 Å². The minimum absolute atomic E-state index is 0.0499. The van der Waals surface area contributed by atoms with Gasteiger partial charge in [-0.1, -0.05) is 6.07 Å². The Hall–Kier alpha value is -3.50. The Morgan fingerprint density at radius 3 is 2.83 bits per heavy atom. The summed E-state index contributed by atoms with van der Waals surface area (Å²) in [5, 5.41) is 12.5. The van der Waals surface area contributed by atoms with Crippen LogP contribution in [0.4, 0.5) is 24.5 Å². The molecule has 1 fully saturated rings. The number of rotatable bonds is 4. The lowest BCUT2D eigenvalue weighted by atomic mass is 9.87. The van der Waals surface area contributed by atoms with Crippen LogP contribution in [0.15, 0.2) is 48.8 Å². The van der Waals surface area contributed by atoms with Crippen molar-refractivity contribution in [3.63, 3.8) is 0 Å². The molecule has 36 heavy (non-hydrogen) atoms. The number of morpholine rings is 1.